The maximum Gasteiger partial charge on any atom is 0.171 e. The van der Waals surface area contributed by atoms with Crippen molar-refractivity contribution in [1.82, 2.24) is 0 Å². The smallest absolute Gasteiger partial charge is 0.171 e. The van der Waals surface area contributed by atoms with E-state index in [9.17, 15) is 4.79 Å². The van der Waals surface area contributed by atoms with Crippen molar-refractivity contribution < 1.29 is 4.79 Å². The number of ketones is 1. The van der Waals surface area contributed by atoms with Gasteiger partial charge in [-0.2, -0.15) is 0 Å². The lowest BCUT2D eigenvalue weighted by Gasteiger charge is -2.35. The molecule has 0 bridgehead atoms. The fraction of sp³-hybridized carbons (Fsp3) is 0.700. The topological polar surface area (TPSA) is 17.1 Å². The van der Waals surface area contributed by atoms with E-state index in [1.807, 2.05) is 17.8 Å². The number of hydrogen-bond donors (Lipinski definition) is 0. The quantitative estimate of drug-likeness (QED) is 0.572. The molecular weight excluding hydrogens is 168 g/mol. The summed E-state index contributed by atoms with van der Waals surface area (Å²) >= 11 is 1.89. The van der Waals surface area contributed by atoms with Crippen LogP contribution in [0.5, 0.6) is 0 Å². The first-order valence-corrected chi connectivity index (χ1v) is 5.67. The molecule has 1 heterocycles. The van der Waals surface area contributed by atoms with E-state index >= 15 is 0 Å². The SMILES string of the molecule is O=C1C=CCCC12CCCCS2. The van der Waals surface area contributed by atoms with Gasteiger partial charge in [0.25, 0.3) is 0 Å². The van der Waals surface area contributed by atoms with Gasteiger partial charge < -0.3 is 0 Å². The fourth-order valence-corrected chi connectivity index (χ4v) is 3.53. The first-order chi connectivity index (χ1) is 5.83. The third kappa shape index (κ3) is 1.33. The van der Waals surface area contributed by atoms with Crippen molar-refractivity contribution in [1.29, 1.82) is 0 Å². The molecule has 0 N–H and O–H groups in total. The Balaban J connectivity index is 2.17. The summed E-state index contributed by atoms with van der Waals surface area (Å²) in [5.74, 6) is 1.55. The molecule has 12 heavy (non-hydrogen) atoms. The van der Waals surface area contributed by atoms with Gasteiger partial charge in [0.05, 0.1) is 4.75 Å². The Hall–Kier alpha value is -0.240. The average Bonchev–Trinajstić information content (AvgIpc) is 2.12. The third-order valence-electron chi connectivity index (χ3n) is 2.79. The van der Waals surface area contributed by atoms with Gasteiger partial charge in [0.2, 0.25) is 0 Å². The zero-order valence-corrected chi connectivity index (χ0v) is 8.03. The van der Waals surface area contributed by atoms with Crippen molar-refractivity contribution in [3.8, 4) is 0 Å². The summed E-state index contributed by atoms with van der Waals surface area (Å²) in [4.78, 5) is 11.7. The Kier molecular flexibility index (Phi) is 2.26. The minimum Gasteiger partial charge on any atom is -0.293 e. The number of hydrogen-bond acceptors (Lipinski definition) is 2. The second kappa shape index (κ2) is 3.25. The van der Waals surface area contributed by atoms with Gasteiger partial charge in [-0.1, -0.05) is 12.5 Å². The lowest BCUT2D eigenvalue weighted by atomic mass is 9.87. The van der Waals surface area contributed by atoms with Crippen molar-refractivity contribution in [2.75, 3.05) is 5.75 Å². The molecule has 1 saturated heterocycles. The van der Waals surface area contributed by atoms with E-state index in [4.69, 9.17) is 0 Å². The minimum absolute atomic E-state index is 0.00694. The van der Waals surface area contributed by atoms with Crippen LogP contribution in [-0.2, 0) is 4.79 Å². The zero-order valence-electron chi connectivity index (χ0n) is 7.21. The van der Waals surface area contributed by atoms with Crippen LogP contribution in [0.2, 0.25) is 0 Å². The highest BCUT2D eigenvalue weighted by Crippen LogP contribution is 2.42. The van der Waals surface area contributed by atoms with Crippen molar-refractivity contribution in [3.05, 3.63) is 12.2 Å². The molecule has 0 aromatic carbocycles. The Morgan fingerprint density at radius 1 is 1.33 bits per heavy atom. The molecule has 2 aliphatic rings. The van der Waals surface area contributed by atoms with Gasteiger partial charge >= 0.3 is 0 Å². The van der Waals surface area contributed by atoms with Gasteiger partial charge in [-0.25, -0.2) is 0 Å². The first-order valence-electron chi connectivity index (χ1n) is 4.68. The molecule has 0 amide bonds. The Bertz CT molecular complexity index is 214. The van der Waals surface area contributed by atoms with E-state index in [2.05, 4.69) is 0 Å². The highest BCUT2D eigenvalue weighted by Gasteiger charge is 2.39. The van der Waals surface area contributed by atoms with Gasteiger partial charge in [0.1, 0.15) is 0 Å². The monoisotopic (exact) mass is 182 g/mol. The van der Waals surface area contributed by atoms with Crippen molar-refractivity contribution in [2.24, 2.45) is 0 Å². The van der Waals surface area contributed by atoms with Crippen LogP contribution in [0.1, 0.15) is 32.1 Å². The zero-order chi connectivity index (χ0) is 8.44. The number of rotatable bonds is 0. The molecule has 1 unspecified atom stereocenters. The molecule has 0 radical (unpaired) electrons. The van der Waals surface area contributed by atoms with Crippen molar-refractivity contribution in [3.63, 3.8) is 0 Å². The van der Waals surface area contributed by atoms with Crippen LogP contribution in [0.3, 0.4) is 0 Å². The highest BCUT2D eigenvalue weighted by atomic mass is 32.2. The Labute approximate surface area is 77.6 Å². The van der Waals surface area contributed by atoms with Crippen molar-refractivity contribution in [2.45, 2.75) is 36.9 Å². The van der Waals surface area contributed by atoms with E-state index in [-0.39, 0.29) is 4.75 Å². The van der Waals surface area contributed by atoms with Crippen LogP contribution in [0.25, 0.3) is 0 Å². The summed E-state index contributed by atoms with van der Waals surface area (Å²) < 4.78 is 0.00694. The van der Waals surface area contributed by atoms with E-state index in [1.54, 1.807) is 6.08 Å². The predicted molar refractivity (Wildman–Crippen MR) is 52.4 cm³/mol. The first kappa shape index (κ1) is 8.36. The summed E-state index contributed by atoms with van der Waals surface area (Å²) in [6.07, 6.45) is 9.63. The van der Waals surface area contributed by atoms with Crippen LogP contribution in [0.15, 0.2) is 12.2 Å². The molecule has 66 valence electrons. The van der Waals surface area contributed by atoms with Gasteiger partial charge in [-0.3, -0.25) is 4.79 Å². The van der Waals surface area contributed by atoms with Crippen LogP contribution < -0.4 is 0 Å². The minimum atomic E-state index is 0.00694. The molecule has 1 aliphatic heterocycles. The second-order valence-corrected chi connectivity index (χ2v) is 5.08. The molecule has 0 saturated carbocycles. The molecule has 1 nitrogen and oxygen atoms in total. The summed E-state index contributed by atoms with van der Waals surface area (Å²) in [5.41, 5.74) is 0. The van der Waals surface area contributed by atoms with Gasteiger partial charge in [0, 0.05) is 0 Å². The van der Waals surface area contributed by atoms with Gasteiger partial charge in [-0.05, 0) is 37.5 Å². The second-order valence-electron chi connectivity index (χ2n) is 3.61. The number of carbonyl (C=O) groups is 1. The molecule has 2 heteroatoms. The summed E-state index contributed by atoms with van der Waals surface area (Å²) in [5, 5.41) is 0. The summed E-state index contributed by atoms with van der Waals surface area (Å²) in [6.45, 7) is 0. The van der Waals surface area contributed by atoms with E-state index in [1.165, 1.54) is 18.6 Å². The maximum absolute atomic E-state index is 11.7. The Morgan fingerprint density at radius 2 is 2.25 bits per heavy atom. The van der Waals surface area contributed by atoms with Crippen LogP contribution >= 0.6 is 11.8 Å². The fourth-order valence-electron chi connectivity index (χ4n) is 2.03. The van der Waals surface area contributed by atoms with Crippen molar-refractivity contribution >= 4 is 17.5 Å². The number of thioether (sulfide) groups is 1. The largest absolute Gasteiger partial charge is 0.293 e. The molecule has 2 rings (SSSR count). The molecular formula is C10H14OS. The van der Waals surface area contributed by atoms with Crippen LogP contribution in [0.4, 0.5) is 0 Å². The van der Waals surface area contributed by atoms with Crippen LogP contribution in [-0.4, -0.2) is 16.3 Å². The lowest BCUT2D eigenvalue weighted by molar-refractivity contribution is -0.117. The molecule has 0 aromatic rings. The molecule has 1 spiro atoms. The normalized spacial score (nSPS) is 35.8. The van der Waals surface area contributed by atoms with E-state index in [0.717, 1.165) is 19.3 Å². The van der Waals surface area contributed by atoms with Gasteiger partial charge in [0.15, 0.2) is 5.78 Å². The highest BCUT2D eigenvalue weighted by molar-refractivity contribution is 8.01. The van der Waals surface area contributed by atoms with E-state index < -0.39 is 0 Å². The van der Waals surface area contributed by atoms with Crippen LogP contribution in [0, 0.1) is 0 Å². The Morgan fingerprint density at radius 3 is 2.92 bits per heavy atom. The molecule has 1 atom stereocenters. The summed E-state index contributed by atoms with van der Waals surface area (Å²) in [7, 11) is 0. The maximum atomic E-state index is 11.7. The standard InChI is InChI=1S/C10H14OS/c11-9-5-1-2-6-10(9)7-3-4-8-12-10/h1,5H,2-4,6-8H2. The molecule has 1 aliphatic carbocycles. The molecule has 0 aromatic heterocycles. The third-order valence-corrected chi connectivity index (χ3v) is 4.44. The molecule has 1 fully saturated rings. The number of carbonyl (C=O) groups excluding carboxylic acids is 1. The predicted octanol–water partition coefficient (Wildman–Crippen LogP) is 2.56. The van der Waals surface area contributed by atoms with E-state index in [0.29, 0.717) is 5.78 Å². The lowest BCUT2D eigenvalue weighted by Crippen LogP contribution is -2.38. The van der Waals surface area contributed by atoms with Gasteiger partial charge in [-0.15, -0.1) is 11.8 Å². The number of allylic oxidation sites excluding steroid dienone is 2. The summed E-state index contributed by atoms with van der Waals surface area (Å²) in [6, 6.07) is 0. The average molecular weight is 182 g/mol.